The van der Waals surface area contributed by atoms with Gasteiger partial charge in [-0.1, -0.05) is 57.7 Å². The average Bonchev–Trinajstić information content (AvgIpc) is 3.40. The van der Waals surface area contributed by atoms with Gasteiger partial charge in [0, 0.05) is 29.6 Å². The van der Waals surface area contributed by atoms with Gasteiger partial charge in [-0.15, -0.1) is 0 Å². The van der Waals surface area contributed by atoms with E-state index in [9.17, 15) is 13.2 Å². The third kappa shape index (κ3) is 9.44. The molecule has 45 heavy (non-hydrogen) atoms. The molecule has 0 saturated heterocycles. The first-order chi connectivity index (χ1) is 21.7. The molecule has 242 valence electrons. The second-order valence-electron chi connectivity index (χ2n) is 11.7. The summed E-state index contributed by atoms with van der Waals surface area (Å²) in [5, 5.41) is 0.589. The van der Waals surface area contributed by atoms with Crippen molar-refractivity contribution in [1.82, 2.24) is 4.90 Å². The largest absolute Gasteiger partial charge is 0.494 e. The number of carbonyl (C=O) groups is 1. The van der Waals surface area contributed by atoms with Crippen molar-refractivity contribution in [3.8, 4) is 5.75 Å². The fourth-order valence-corrected chi connectivity index (χ4v) is 6.38. The van der Waals surface area contributed by atoms with Crippen LogP contribution in [-0.2, 0) is 16.4 Å². The minimum Gasteiger partial charge on any atom is -0.494 e. The number of fused-ring (bicyclic) bond motifs is 1. The molecule has 3 aromatic carbocycles. The summed E-state index contributed by atoms with van der Waals surface area (Å²) in [5.41, 5.74) is 2.89. The lowest BCUT2D eigenvalue weighted by Gasteiger charge is -2.21. The molecular weight excluding hydrogens is 584 g/mol. The normalized spacial score (nSPS) is 11.8. The highest BCUT2D eigenvalue weighted by atomic mass is 32.2. The summed E-state index contributed by atoms with van der Waals surface area (Å²) >= 11 is 0. The number of hydrogen-bond acceptors (Lipinski definition) is 6. The zero-order valence-electron chi connectivity index (χ0n) is 27.2. The van der Waals surface area contributed by atoms with Gasteiger partial charge in [-0.3, -0.25) is 9.52 Å². The molecule has 0 bridgehead atoms. The number of anilines is 1. The van der Waals surface area contributed by atoms with Gasteiger partial charge in [0.1, 0.15) is 17.1 Å². The first-order valence-electron chi connectivity index (χ1n) is 16.4. The average molecular weight is 633 g/mol. The van der Waals surface area contributed by atoms with Crippen LogP contribution in [0.3, 0.4) is 0 Å². The van der Waals surface area contributed by atoms with Gasteiger partial charge in [0.15, 0.2) is 5.78 Å². The van der Waals surface area contributed by atoms with E-state index in [2.05, 4.69) is 30.4 Å². The Labute approximate surface area is 269 Å². The van der Waals surface area contributed by atoms with Crippen molar-refractivity contribution >= 4 is 32.5 Å². The lowest BCUT2D eigenvalue weighted by atomic mass is 9.98. The number of ketones is 1. The van der Waals surface area contributed by atoms with E-state index in [4.69, 9.17) is 9.15 Å². The van der Waals surface area contributed by atoms with Gasteiger partial charge in [-0.2, -0.15) is 0 Å². The zero-order valence-corrected chi connectivity index (χ0v) is 28.0. The molecule has 0 atom stereocenters. The maximum Gasteiger partial charge on any atom is 0.261 e. The Kier molecular flexibility index (Phi) is 12.7. The molecular formula is C37H48N2O5S. The van der Waals surface area contributed by atoms with E-state index in [0.29, 0.717) is 46.6 Å². The molecule has 0 aliphatic rings. The predicted molar refractivity (Wildman–Crippen MR) is 183 cm³/mol. The number of furan rings is 1. The van der Waals surface area contributed by atoms with E-state index in [-0.39, 0.29) is 10.7 Å². The molecule has 0 saturated carbocycles. The fourth-order valence-electron chi connectivity index (χ4n) is 5.33. The number of aryl methyl sites for hydroxylation is 2. The van der Waals surface area contributed by atoms with Crippen molar-refractivity contribution in [1.29, 1.82) is 0 Å². The number of nitrogens with one attached hydrogen (secondary N) is 1. The van der Waals surface area contributed by atoms with Gasteiger partial charge in [0.05, 0.1) is 17.1 Å². The third-order valence-corrected chi connectivity index (χ3v) is 9.39. The van der Waals surface area contributed by atoms with Gasteiger partial charge in [0.25, 0.3) is 10.0 Å². The lowest BCUT2D eigenvalue weighted by Crippen LogP contribution is -2.28. The molecule has 1 aromatic heterocycles. The molecule has 7 nitrogen and oxygen atoms in total. The quantitative estimate of drug-likeness (QED) is 0.0821. The highest BCUT2D eigenvalue weighted by Crippen LogP contribution is 2.32. The fraction of sp³-hybridized carbons (Fsp3) is 0.432. The molecule has 4 aromatic rings. The number of hydrogen-bond donors (Lipinski definition) is 1. The van der Waals surface area contributed by atoms with Gasteiger partial charge < -0.3 is 14.1 Å². The SMILES string of the molecule is CCCCc1oc2ccc(NS(=O)(=O)c3ccc(C)cc3)cc2c1C(=O)c1ccc(OCCCN(CCCC)CCCC)cc1. The summed E-state index contributed by atoms with van der Waals surface area (Å²) in [7, 11) is -3.80. The molecule has 0 unspecified atom stereocenters. The van der Waals surface area contributed by atoms with E-state index < -0.39 is 10.0 Å². The maximum atomic E-state index is 13.9. The minimum absolute atomic E-state index is 0.160. The van der Waals surface area contributed by atoms with Crippen LogP contribution in [0.2, 0.25) is 0 Å². The Morgan fingerprint density at radius 2 is 1.47 bits per heavy atom. The standard InChI is InChI=1S/C37H48N2O5S/c1-5-8-12-35-36(33-27-30(17-22-34(33)44-35)38-45(41,42)32-20-13-28(4)14-21-32)37(40)29-15-18-31(19-16-29)43-26-11-25-39(23-9-6-2)24-10-7-3/h13-22,27,38H,5-12,23-26H2,1-4H3. The van der Waals surface area contributed by atoms with E-state index >= 15 is 0 Å². The Balaban J connectivity index is 1.49. The molecule has 0 amide bonds. The second-order valence-corrected chi connectivity index (χ2v) is 13.4. The summed E-state index contributed by atoms with van der Waals surface area (Å²) in [6.45, 7) is 12.4. The van der Waals surface area contributed by atoms with Gasteiger partial charge >= 0.3 is 0 Å². The highest BCUT2D eigenvalue weighted by Gasteiger charge is 2.23. The van der Waals surface area contributed by atoms with Crippen LogP contribution in [0.15, 0.2) is 76.0 Å². The van der Waals surface area contributed by atoms with Gasteiger partial charge in [0.2, 0.25) is 0 Å². The first kappa shape index (κ1) is 34.3. The Bertz CT molecular complexity index is 1620. The molecule has 0 aliphatic heterocycles. The van der Waals surface area contributed by atoms with Crippen molar-refractivity contribution in [3.05, 3.63) is 89.2 Å². The van der Waals surface area contributed by atoms with Crippen molar-refractivity contribution in [2.75, 3.05) is 31.0 Å². The summed E-state index contributed by atoms with van der Waals surface area (Å²) in [5.74, 6) is 1.19. The van der Waals surface area contributed by atoms with E-state index in [1.807, 2.05) is 19.1 Å². The summed E-state index contributed by atoms with van der Waals surface area (Å²) in [6.07, 6.45) is 8.23. The number of rotatable bonds is 19. The van der Waals surface area contributed by atoms with Crippen LogP contribution >= 0.6 is 0 Å². The van der Waals surface area contributed by atoms with E-state index in [1.54, 1.807) is 54.6 Å². The van der Waals surface area contributed by atoms with Crippen LogP contribution in [0.1, 0.15) is 93.0 Å². The van der Waals surface area contributed by atoms with Crippen molar-refractivity contribution < 1.29 is 22.4 Å². The summed E-state index contributed by atoms with van der Waals surface area (Å²) in [6, 6.07) is 19.0. The molecule has 0 fully saturated rings. The third-order valence-electron chi connectivity index (χ3n) is 7.99. The van der Waals surface area contributed by atoms with Gasteiger partial charge in [-0.05, 0) is 100 Å². The van der Waals surface area contributed by atoms with Crippen LogP contribution in [0.25, 0.3) is 11.0 Å². The monoisotopic (exact) mass is 632 g/mol. The molecule has 0 radical (unpaired) electrons. The Morgan fingerprint density at radius 3 is 2.11 bits per heavy atom. The number of nitrogens with zero attached hydrogens (tertiary/aromatic N) is 1. The van der Waals surface area contributed by atoms with Crippen molar-refractivity contribution in [3.63, 3.8) is 0 Å². The highest BCUT2D eigenvalue weighted by molar-refractivity contribution is 7.92. The number of unbranched alkanes of at least 4 members (excludes halogenated alkanes) is 3. The van der Waals surface area contributed by atoms with E-state index in [1.165, 1.54) is 25.7 Å². The Morgan fingerprint density at radius 1 is 0.822 bits per heavy atom. The summed E-state index contributed by atoms with van der Waals surface area (Å²) < 4.78 is 41.0. The zero-order chi connectivity index (χ0) is 32.2. The Hall–Kier alpha value is -3.62. The molecule has 0 spiro atoms. The van der Waals surface area contributed by atoms with Gasteiger partial charge in [-0.25, -0.2) is 8.42 Å². The molecule has 1 N–H and O–H groups in total. The molecule has 1 heterocycles. The number of carbonyl (C=O) groups excluding carboxylic acids is 1. The van der Waals surface area contributed by atoms with Crippen LogP contribution in [-0.4, -0.2) is 45.3 Å². The number of ether oxygens (including phenoxy) is 1. The lowest BCUT2D eigenvalue weighted by molar-refractivity contribution is 0.103. The second kappa shape index (κ2) is 16.6. The van der Waals surface area contributed by atoms with Crippen molar-refractivity contribution in [2.45, 2.75) is 84.0 Å². The van der Waals surface area contributed by atoms with E-state index in [0.717, 1.165) is 50.2 Å². The number of sulfonamides is 1. The summed E-state index contributed by atoms with van der Waals surface area (Å²) in [4.78, 5) is 16.6. The minimum atomic E-state index is -3.80. The predicted octanol–water partition coefficient (Wildman–Crippen LogP) is 8.79. The number of benzene rings is 3. The molecule has 8 heteroatoms. The smallest absolute Gasteiger partial charge is 0.261 e. The maximum absolute atomic E-state index is 13.9. The molecule has 0 aliphatic carbocycles. The first-order valence-corrected chi connectivity index (χ1v) is 17.9. The topological polar surface area (TPSA) is 88.8 Å². The molecule has 4 rings (SSSR count). The van der Waals surface area contributed by atoms with Crippen LogP contribution < -0.4 is 9.46 Å². The van der Waals surface area contributed by atoms with Crippen LogP contribution in [0.5, 0.6) is 5.75 Å². The van der Waals surface area contributed by atoms with Crippen molar-refractivity contribution in [2.24, 2.45) is 0 Å². The van der Waals surface area contributed by atoms with Crippen LogP contribution in [0.4, 0.5) is 5.69 Å². The van der Waals surface area contributed by atoms with Crippen LogP contribution in [0, 0.1) is 6.92 Å².